The third-order valence-corrected chi connectivity index (χ3v) is 1.59. The van der Waals surface area contributed by atoms with Crippen LogP contribution in [-0.2, 0) is 4.79 Å². The van der Waals surface area contributed by atoms with Crippen molar-refractivity contribution in [2.24, 2.45) is 11.7 Å². The van der Waals surface area contributed by atoms with E-state index < -0.39 is 12.1 Å². The number of hydrogen-bond acceptors (Lipinski definition) is 3. The van der Waals surface area contributed by atoms with Gasteiger partial charge in [-0.1, -0.05) is 13.8 Å². The van der Waals surface area contributed by atoms with Crippen molar-refractivity contribution < 1.29 is 9.90 Å². The average Bonchev–Trinajstić information content (AvgIpc) is 1.98. The maximum Gasteiger partial charge on any atom is 0.237 e. The Hall–Kier alpha value is -0.610. The van der Waals surface area contributed by atoms with Crippen molar-refractivity contribution in [3.8, 4) is 0 Å². The molecule has 0 saturated carbocycles. The number of carbonyl (C=O) groups excluding carboxylic acids is 1. The summed E-state index contributed by atoms with van der Waals surface area (Å²) < 4.78 is 0. The van der Waals surface area contributed by atoms with Crippen molar-refractivity contribution in [2.75, 3.05) is 6.54 Å². The molecule has 0 aliphatic rings. The van der Waals surface area contributed by atoms with Crippen LogP contribution in [0.5, 0.6) is 0 Å². The number of hydrogen-bond donors (Lipinski definition) is 3. The van der Waals surface area contributed by atoms with Gasteiger partial charge < -0.3 is 16.2 Å². The Balaban J connectivity index is 3.72. The summed E-state index contributed by atoms with van der Waals surface area (Å²) in [7, 11) is 0. The van der Waals surface area contributed by atoms with Crippen molar-refractivity contribution >= 4 is 5.91 Å². The van der Waals surface area contributed by atoms with Crippen LogP contribution in [0.4, 0.5) is 0 Å². The van der Waals surface area contributed by atoms with Crippen molar-refractivity contribution in [3.63, 3.8) is 0 Å². The van der Waals surface area contributed by atoms with Crippen molar-refractivity contribution in [1.29, 1.82) is 0 Å². The molecule has 0 bridgehead atoms. The van der Waals surface area contributed by atoms with Gasteiger partial charge in [-0.25, -0.2) is 0 Å². The number of nitrogens with two attached hydrogens (primary N) is 1. The lowest BCUT2D eigenvalue weighted by atomic mass is 10.1. The van der Waals surface area contributed by atoms with E-state index in [1.807, 2.05) is 13.8 Å². The number of rotatable bonds is 4. The van der Waals surface area contributed by atoms with Crippen LogP contribution in [0.15, 0.2) is 0 Å². The molecule has 4 N–H and O–H groups in total. The molecule has 1 amide bonds. The van der Waals surface area contributed by atoms with Crippen LogP contribution in [0.25, 0.3) is 0 Å². The van der Waals surface area contributed by atoms with Gasteiger partial charge in [0, 0.05) is 6.54 Å². The molecule has 72 valence electrons. The van der Waals surface area contributed by atoms with Gasteiger partial charge in [0.2, 0.25) is 5.91 Å². The second kappa shape index (κ2) is 5.11. The molecule has 0 fully saturated rings. The molecule has 0 aromatic heterocycles. The highest BCUT2D eigenvalue weighted by atomic mass is 16.3. The Labute approximate surface area is 73.1 Å². The fourth-order valence-electron chi connectivity index (χ4n) is 0.669. The molecule has 0 saturated heterocycles. The molecular formula is C8H18N2O2. The summed E-state index contributed by atoms with van der Waals surface area (Å²) in [6.07, 6.45) is -0.520. The van der Waals surface area contributed by atoms with Crippen molar-refractivity contribution in [3.05, 3.63) is 0 Å². The maximum atomic E-state index is 11.1. The standard InChI is InChI=1S/C8H18N2O2/c1-5(2)7(9)8(12)10-4-6(3)11/h5-7,11H,4,9H2,1-3H3,(H,10,12)/t6-,7?/m1/s1. The van der Waals surface area contributed by atoms with E-state index in [1.165, 1.54) is 0 Å². The van der Waals surface area contributed by atoms with E-state index in [0.29, 0.717) is 0 Å². The van der Waals surface area contributed by atoms with Crippen LogP contribution in [0.1, 0.15) is 20.8 Å². The Morgan fingerprint density at radius 2 is 2.00 bits per heavy atom. The molecule has 12 heavy (non-hydrogen) atoms. The molecule has 0 rings (SSSR count). The number of aliphatic hydroxyl groups excluding tert-OH is 1. The Kier molecular flexibility index (Phi) is 4.85. The summed E-state index contributed by atoms with van der Waals surface area (Å²) in [6, 6.07) is -0.483. The summed E-state index contributed by atoms with van der Waals surface area (Å²) in [5, 5.41) is 11.4. The average molecular weight is 174 g/mol. The third kappa shape index (κ3) is 4.31. The van der Waals surface area contributed by atoms with Gasteiger partial charge >= 0.3 is 0 Å². The second-order valence-corrected chi connectivity index (χ2v) is 3.36. The fraction of sp³-hybridized carbons (Fsp3) is 0.875. The van der Waals surface area contributed by atoms with Gasteiger partial charge in [-0.15, -0.1) is 0 Å². The van der Waals surface area contributed by atoms with Crippen LogP contribution >= 0.6 is 0 Å². The minimum absolute atomic E-state index is 0.124. The van der Waals surface area contributed by atoms with Crippen LogP contribution < -0.4 is 11.1 Å². The summed E-state index contributed by atoms with van der Waals surface area (Å²) in [5.41, 5.74) is 5.55. The lowest BCUT2D eigenvalue weighted by Crippen LogP contribution is -2.45. The van der Waals surface area contributed by atoms with Gasteiger partial charge in [0.05, 0.1) is 12.1 Å². The topological polar surface area (TPSA) is 75.4 Å². The summed E-state index contributed by atoms with van der Waals surface area (Å²) in [6.45, 7) is 5.64. The van der Waals surface area contributed by atoms with Gasteiger partial charge in [-0.2, -0.15) is 0 Å². The highest BCUT2D eigenvalue weighted by Crippen LogP contribution is 1.97. The highest BCUT2D eigenvalue weighted by molar-refractivity contribution is 5.81. The molecule has 4 nitrogen and oxygen atoms in total. The molecule has 0 aromatic rings. The van der Waals surface area contributed by atoms with Gasteiger partial charge in [0.1, 0.15) is 0 Å². The number of aliphatic hydroxyl groups is 1. The second-order valence-electron chi connectivity index (χ2n) is 3.36. The molecule has 0 radical (unpaired) electrons. The minimum atomic E-state index is -0.520. The zero-order chi connectivity index (χ0) is 9.72. The van der Waals surface area contributed by atoms with Crippen LogP contribution in [-0.4, -0.2) is 29.7 Å². The lowest BCUT2D eigenvalue weighted by molar-refractivity contribution is -0.123. The van der Waals surface area contributed by atoms with Gasteiger partial charge in [-0.3, -0.25) is 4.79 Å². The molecule has 4 heteroatoms. The van der Waals surface area contributed by atoms with E-state index in [-0.39, 0.29) is 18.4 Å². The monoisotopic (exact) mass is 174 g/mol. The fourth-order valence-corrected chi connectivity index (χ4v) is 0.669. The number of carbonyl (C=O) groups is 1. The van der Waals surface area contributed by atoms with Gasteiger partial charge in [0.25, 0.3) is 0 Å². The van der Waals surface area contributed by atoms with E-state index in [9.17, 15) is 4.79 Å². The first kappa shape index (κ1) is 11.4. The van der Waals surface area contributed by atoms with Crippen molar-refractivity contribution in [1.82, 2.24) is 5.32 Å². The van der Waals surface area contributed by atoms with E-state index in [1.54, 1.807) is 6.92 Å². The van der Waals surface area contributed by atoms with Gasteiger partial charge in [-0.05, 0) is 12.8 Å². The summed E-state index contributed by atoms with van der Waals surface area (Å²) >= 11 is 0. The molecule has 1 unspecified atom stereocenters. The third-order valence-electron chi connectivity index (χ3n) is 1.59. The molecular weight excluding hydrogens is 156 g/mol. The Morgan fingerprint density at radius 1 is 1.50 bits per heavy atom. The molecule has 0 aromatic carbocycles. The molecule has 0 aliphatic carbocycles. The van der Waals surface area contributed by atoms with E-state index in [0.717, 1.165) is 0 Å². The largest absolute Gasteiger partial charge is 0.392 e. The van der Waals surface area contributed by atoms with Crippen LogP contribution in [0.3, 0.4) is 0 Å². The highest BCUT2D eigenvalue weighted by Gasteiger charge is 2.16. The van der Waals surface area contributed by atoms with E-state index in [2.05, 4.69) is 5.32 Å². The predicted molar refractivity (Wildman–Crippen MR) is 47.5 cm³/mol. The van der Waals surface area contributed by atoms with Gasteiger partial charge in [0.15, 0.2) is 0 Å². The zero-order valence-corrected chi connectivity index (χ0v) is 7.87. The molecule has 0 aliphatic heterocycles. The first-order valence-corrected chi connectivity index (χ1v) is 4.16. The molecule has 0 spiro atoms. The normalized spacial score (nSPS) is 15.8. The number of amides is 1. The van der Waals surface area contributed by atoms with E-state index >= 15 is 0 Å². The lowest BCUT2D eigenvalue weighted by Gasteiger charge is -2.15. The molecule has 0 heterocycles. The predicted octanol–water partition coefficient (Wildman–Crippen LogP) is -0.533. The van der Waals surface area contributed by atoms with Crippen LogP contribution in [0.2, 0.25) is 0 Å². The maximum absolute atomic E-state index is 11.1. The van der Waals surface area contributed by atoms with E-state index in [4.69, 9.17) is 10.8 Å². The number of nitrogens with one attached hydrogen (secondary N) is 1. The smallest absolute Gasteiger partial charge is 0.237 e. The summed E-state index contributed by atoms with van der Waals surface area (Å²) in [4.78, 5) is 11.1. The van der Waals surface area contributed by atoms with Crippen molar-refractivity contribution in [2.45, 2.75) is 32.9 Å². The zero-order valence-electron chi connectivity index (χ0n) is 7.87. The SMILES string of the molecule is CC(C)C(N)C(=O)NC[C@@H](C)O. The first-order valence-electron chi connectivity index (χ1n) is 4.16. The molecule has 2 atom stereocenters. The Bertz CT molecular complexity index is 146. The first-order chi connectivity index (χ1) is 5.45. The van der Waals surface area contributed by atoms with Crippen LogP contribution in [0, 0.1) is 5.92 Å². The minimum Gasteiger partial charge on any atom is -0.392 e. The quantitative estimate of drug-likeness (QED) is 0.536. The summed E-state index contributed by atoms with van der Waals surface area (Å²) in [5.74, 6) is -0.0788. The Morgan fingerprint density at radius 3 is 2.33 bits per heavy atom.